The summed E-state index contributed by atoms with van der Waals surface area (Å²) in [6.45, 7) is 11.8. The van der Waals surface area contributed by atoms with E-state index in [1.165, 1.54) is 0 Å². The molecule has 1 atom stereocenters. The Morgan fingerprint density at radius 1 is 1.36 bits per heavy atom. The molecule has 0 spiro atoms. The molecule has 0 bridgehead atoms. The first-order valence-corrected chi connectivity index (χ1v) is 8.02. The lowest BCUT2D eigenvalue weighted by molar-refractivity contribution is 0.249. The van der Waals surface area contributed by atoms with Gasteiger partial charge in [-0.2, -0.15) is 0 Å². The van der Waals surface area contributed by atoms with Gasteiger partial charge in [0.15, 0.2) is 5.76 Å². The zero-order valence-electron chi connectivity index (χ0n) is 13.8. The van der Waals surface area contributed by atoms with E-state index in [0.717, 1.165) is 10.7 Å². The zero-order chi connectivity index (χ0) is 16.5. The highest BCUT2D eigenvalue weighted by atomic mass is 32.1. The average molecular weight is 322 g/mol. The molecule has 0 aliphatic heterocycles. The van der Waals surface area contributed by atoms with Gasteiger partial charge in [0, 0.05) is 10.8 Å². The average Bonchev–Trinajstić information content (AvgIpc) is 3.00. The lowest BCUT2D eigenvalue weighted by atomic mass is 9.93. The molecule has 22 heavy (non-hydrogen) atoms. The Balaban J connectivity index is 2.01. The molecule has 0 aliphatic rings. The monoisotopic (exact) mass is 322 g/mol. The van der Waals surface area contributed by atoms with Crippen molar-refractivity contribution >= 4 is 23.1 Å². The van der Waals surface area contributed by atoms with Crippen molar-refractivity contribution in [3.05, 3.63) is 27.5 Å². The van der Waals surface area contributed by atoms with Crippen LogP contribution in [0.2, 0.25) is 0 Å². The second kappa shape index (κ2) is 6.08. The Hall–Kier alpha value is -1.89. The van der Waals surface area contributed by atoms with Gasteiger partial charge in [0.05, 0.1) is 11.7 Å². The molecular formula is C15H22N4O2S. The first-order chi connectivity index (χ1) is 10.2. The summed E-state index contributed by atoms with van der Waals surface area (Å²) in [5.41, 5.74) is 2.31. The minimum atomic E-state index is -0.297. The first kappa shape index (κ1) is 16.5. The molecule has 0 fully saturated rings. The summed E-state index contributed by atoms with van der Waals surface area (Å²) in [6.07, 6.45) is 0. The predicted molar refractivity (Wildman–Crippen MR) is 87.4 cm³/mol. The van der Waals surface area contributed by atoms with Crippen LogP contribution in [-0.2, 0) is 5.41 Å². The normalized spacial score (nSPS) is 13.0. The fourth-order valence-electron chi connectivity index (χ4n) is 1.90. The van der Waals surface area contributed by atoms with Crippen LogP contribution in [0.5, 0.6) is 0 Å². The zero-order valence-corrected chi connectivity index (χ0v) is 14.6. The Kier molecular flexibility index (Phi) is 4.55. The topological polar surface area (TPSA) is 80.0 Å². The number of nitrogens with zero attached hydrogens (tertiary/aromatic N) is 2. The molecule has 0 radical (unpaired) electrons. The molecule has 2 aromatic rings. The number of rotatable bonds is 3. The van der Waals surface area contributed by atoms with Crippen LogP contribution >= 0.6 is 11.3 Å². The van der Waals surface area contributed by atoms with Crippen LogP contribution in [-0.4, -0.2) is 16.2 Å². The Morgan fingerprint density at radius 2 is 2.05 bits per heavy atom. The van der Waals surface area contributed by atoms with E-state index in [4.69, 9.17) is 4.52 Å². The molecule has 1 unspecified atom stereocenters. The van der Waals surface area contributed by atoms with Crippen molar-refractivity contribution in [2.75, 3.05) is 5.32 Å². The van der Waals surface area contributed by atoms with Crippen molar-refractivity contribution in [2.24, 2.45) is 0 Å². The van der Waals surface area contributed by atoms with Gasteiger partial charge in [-0.15, -0.1) is 11.3 Å². The van der Waals surface area contributed by atoms with Crippen molar-refractivity contribution in [3.8, 4) is 0 Å². The second-order valence-electron chi connectivity index (χ2n) is 6.34. The van der Waals surface area contributed by atoms with Gasteiger partial charge >= 0.3 is 6.03 Å². The smallest absolute Gasteiger partial charge is 0.319 e. The Bertz CT molecular complexity index is 650. The number of hydrogen-bond donors (Lipinski definition) is 2. The van der Waals surface area contributed by atoms with Crippen LogP contribution < -0.4 is 10.6 Å². The molecule has 2 aromatic heterocycles. The lowest BCUT2D eigenvalue weighted by Gasteiger charge is -2.15. The highest BCUT2D eigenvalue weighted by Crippen LogP contribution is 2.27. The minimum absolute atomic E-state index is 0.00736. The summed E-state index contributed by atoms with van der Waals surface area (Å²) < 4.78 is 5.02. The fourth-order valence-corrected chi connectivity index (χ4v) is 2.95. The molecule has 120 valence electrons. The molecule has 2 heterocycles. The third-order valence-electron chi connectivity index (χ3n) is 3.28. The number of anilines is 1. The minimum Gasteiger partial charge on any atom is -0.359 e. The van der Waals surface area contributed by atoms with Crippen LogP contribution in [0.3, 0.4) is 0 Å². The molecule has 7 heteroatoms. The van der Waals surface area contributed by atoms with Gasteiger partial charge in [-0.1, -0.05) is 25.9 Å². The summed E-state index contributed by atoms with van der Waals surface area (Å²) in [4.78, 5) is 16.7. The standard InChI is InChI=1S/C15H22N4O2S/c1-8-12(10(3)21-19-8)18-14(20)16-9(2)13-17-11(7-22-13)15(4,5)6/h7,9H,1-6H3,(H2,16,18,20). The number of aromatic nitrogens is 2. The van der Waals surface area contributed by atoms with E-state index in [2.05, 4.69) is 41.5 Å². The van der Waals surface area contributed by atoms with Crippen LogP contribution in [0.25, 0.3) is 0 Å². The summed E-state index contributed by atoms with van der Waals surface area (Å²) in [7, 11) is 0. The molecule has 6 nitrogen and oxygen atoms in total. The summed E-state index contributed by atoms with van der Waals surface area (Å²) in [5.74, 6) is 0.588. The second-order valence-corrected chi connectivity index (χ2v) is 7.23. The number of hydrogen-bond acceptors (Lipinski definition) is 5. The number of nitrogens with one attached hydrogen (secondary N) is 2. The largest absolute Gasteiger partial charge is 0.359 e. The number of carbonyl (C=O) groups is 1. The quantitative estimate of drug-likeness (QED) is 0.897. The van der Waals surface area contributed by atoms with Gasteiger partial charge in [-0.25, -0.2) is 9.78 Å². The fraction of sp³-hybridized carbons (Fsp3) is 0.533. The maximum absolute atomic E-state index is 12.1. The van der Waals surface area contributed by atoms with Gasteiger partial charge in [0.25, 0.3) is 0 Å². The SMILES string of the molecule is Cc1noc(C)c1NC(=O)NC(C)c1nc(C(C)(C)C)cs1. The molecule has 0 saturated carbocycles. The number of urea groups is 1. The van der Waals surface area contributed by atoms with Gasteiger partial charge in [0.2, 0.25) is 0 Å². The lowest BCUT2D eigenvalue weighted by Crippen LogP contribution is -2.31. The first-order valence-electron chi connectivity index (χ1n) is 7.14. The van der Waals surface area contributed by atoms with E-state index in [1.54, 1.807) is 25.2 Å². The number of amides is 2. The van der Waals surface area contributed by atoms with Crippen LogP contribution in [0.4, 0.5) is 10.5 Å². The van der Waals surface area contributed by atoms with Crippen molar-refractivity contribution in [1.29, 1.82) is 0 Å². The van der Waals surface area contributed by atoms with Gasteiger partial charge in [0.1, 0.15) is 16.4 Å². The molecule has 2 N–H and O–H groups in total. The predicted octanol–water partition coefficient (Wildman–Crippen LogP) is 3.93. The van der Waals surface area contributed by atoms with E-state index in [-0.39, 0.29) is 17.5 Å². The van der Waals surface area contributed by atoms with E-state index < -0.39 is 0 Å². The molecule has 0 aliphatic carbocycles. The van der Waals surface area contributed by atoms with Crippen LogP contribution in [0, 0.1) is 13.8 Å². The third kappa shape index (κ3) is 3.65. The molecule has 0 aromatic carbocycles. The van der Waals surface area contributed by atoms with Crippen molar-refractivity contribution in [2.45, 2.75) is 53.0 Å². The Morgan fingerprint density at radius 3 is 2.55 bits per heavy atom. The van der Waals surface area contributed by atoms with E-state index in [1.807, 2.05) is 12.3 Å². The van der Waals surface area contributed by atoms with E-state index in [0.29, 0.717) is 17.1 Å². The van der Waals surface area contributed by atoms with Crippen molar-refractivity contribution in [1.82, 2.24) is 15.5 Å². The summed E-state index contributed by atoms with van der Waals surface area (Å²) in [5, 5.41) is 12.4. The maximum Gasteiger partial charge on any atom is 0.319 e. The molecule has 0 saturated heterocycles. The van der Waals surface area contributed by atoms with Gasteiger partial charge < -0.3 is 15.2 Å². The van der Waals surface area contributed by atoms with E-state index >= 15 is 0 Å². The highest BCUT2D eigenvalue weighted by molar-refractivity contribution is 7.09. The summed E-state index contributed by atoms with van der Waals surface area (Å²) in [6, 6.07) is -0.462. The van der Waals surface area contributed by atoms with Crippen molar-refractivity contribution in [3.63, 3.8) is 0 Å². The molecule has 2 amide bonds. The van der Waals surface area contributed by atoms with Crippen molar-refractivity contribution < 1.29 is 9.32 Å². The molecule has 2 rings (SSSR count). The maximum atomic E-state index is 12.1. The molecular weight excluding hydrogens is 300 g/mol. The third-order valence-corrected chi connectivity index (χ3v) is 4.31. The van der Waals surface area contributed by atoms with Crippen LogP contribution in [0.1, 0.15) is 55.9 Å². The van der Waals surface area contributed by atoms with Gasteiger partial charge in [-0.3, -0.25) is 0 Å². The number of carbonyl (C=O) groups excluding carboxylic acids is 1. The van der Waals surface area contributed by atoms with Gasteiger partial charge in [-0.05, 0) is 20.8 Å². The Labute approximate surface area is 134 Å². The summed E-state index contributed by atoms with van der Waals surface area (Å²) >= 11 is 1.56. The number of thiazole rings is 1. The van der Waals surface area contributed by atoms with E-state index in [9.17, 15) is 4.79 Å². The highest BCUT2D eigenvalue weighted by Gasteiger charge is 2.21. The number of aryl methyl sites for hydroxylation is 2. The van der Waals surface area contributed by atoms with Crippen LogP contribution in [0.15, 0.2) is 9.90 Å².